The third-order valence-corrected chi connectivity index (χ3v) is 14.2. The summed E-state index contributed by atoms with van der Waals surface area (Å²) < 4.78 is 6.21. The van der Waals surface area contributed by atoms with Gasteiger partial charge in [0, 0.05) is 6.42 Å². The second kappa shape index (κ2) is 14.2. The quantitative estimate of drug-likeness (QED) is 0.181. The van der Waals surface area contributed by atoms with Gasteiger partial charge in [-0.3, -0.25) is 0 Å². The van der Waals surface area contributed by atoms with Crippen LogP contribution in [0.5, 0.6) is 0 Å². The molecule has 0 bridgehead atoms. The first kappa shape index (κ1) is 34.5. The Balaban J connectivity index is 1.06. The predicted octanol–water partition coefficient (Wildman–Crippen LogP) is 12.5. The molecule has 0 aliphatic heterocycles. The van der Waals surface area contributed by atoms with Crippen LogP contribution >= 0.6 is 0 Å². The molecule has 0 spiro atoms. The van der Waals surface area contributed by atoms with E-state index in [1.807, 2.05) is 12.1 Å². The molecule has 47 heavy (non-hydrogen) atoms. The Morgan fingerprint density at radius 2 is 1.55 bits per heavy atom. The first-order valence-electron chi connectivity index (χ1n) is 19.6. The van der Waals surface area contributed by atoms with E-state index in [0.29, 0.717) is 16.9 Å². The third kappa shape index (κ3) is 7.05. The number of carbonyl (C=O) groups is 1. The molecule has 0 saturated heterocycles. The van der Waals surface area contributed by atoms with E-state index in [1.54, 1.807) is 5.57 Å². The average molecular weight is 637 g/mol. The maximum absolute atomic E-state index is 13.3. The molecule has 0 radical (unpaired) electrons. The van der Waals surface area contributed by atoms with Crippen LogP contribution in [0.4, 0.5) is 0 Å². The zero-order chi connectivity index (χ0) is 33.3. The number of fused-ring (bicyclic) bond motifs is 5. The molecule has 0 heterocycles. The van der Waals surface area contributed by atoms with Crippen molar-refractivity contribution in [3.8, 4) is 11.1 Å². The van der Waals surface area contributed by atoms with Gasteiger partial charge < -0.3 is 4.74 Å². The number of allylic oxidation sites excluding steroid dienone is 1. The summed E-state index contributed by atoms with van der Waals surface area (Å²) in [7, 11) is 0. The van der Waals surface area contributed by atoms with E-state index in [0.717, 1.165) is 66.8 Å². The molecule has 3 fully saturated rings. The molecule has 256 valence electrons. The van der Waals surface area contributed by atoms with Gasteiger partial charge in [-0.05, 0) is 132 Å². The van der Waals surface area contributed by atoms with Gasteiger partial charge in [-0.25, -0.2) is 4.79 Å². The Morgan fingerprint density at radius 1 is 0.851 bits per heavy atom. The van der Waals surface area contributed by atoms with Crippen LogP contribution in [0.1, 0.15) is 141 Å². The molecule has 4 aliphatic rings. The highest BCUT2D eigenvalue weighted by molar-refractivity contribution is 5.90. The fourth-order valence-corrected chi connectivity index (χ4v) is 11.2. The van der Waals surface area contributed by atoms with Gasteiger partial charge in [-0.2, -0.15) is 0 Å². The normalized spacial score (nSPS) is 32.9. The molecule has 0 aromatic heterocycles. The fourth-order valence-electron chi connectivity index (χ4n) is 11.2. The summed E-state index contributed by atoms with van der Waals surface area (Å²) >= 11 is 0. The highest BCUT2D eigenvalue weighted by Gasteiger charge is 2.59. The Hall–Kier alpha value is -2.35. The van der Waals surface area contributed by atoms with Crippen molar-refractivity contribution in [2.45, 2.75) is 138 Å². The molecule has 0 unspecified atom stereocenters. The van der Waals surface area contributed by atoms with Gasteiger partial charge in [-0.1, -0.05) is 122 Å². The summed E-state index contributed by atoms with van der Waals surface area (Å²) in [5.74, 6) is 5.64. The van der Waals surface area contributed by atoms with Crippen LogP contribution in [-0.4, -0.2) is 12.1 Å². The van der Waals surface area contributed by atoms with Gasteiger partial charge in [0.15, 0.2) is 0 Å². The van der Waals surface area contributed by atoms with Gasteiger partial charge in [0.25, 0.3) is 0 Å². The molecule has 9 atom stereocenters. The highest BCUT2D eigenvalue weighted by atomic mass is 16.5. The number of esters is 1. The summed E-state index contributed by atoms with van der Waals surface area (Å²) in [5.41, 5.74) is 6.79. The summed E-state index contributed by atoms with van der Waals surface area (Å²) in [6.07, 6.45) is 19.1. The minimum atomic E-state index is -0.170. The second-order valence-corrected chi connectivity index (χ2v) is 17.6. The van der Waals surface area contributed by atoms with Gasteiger partial charge in [0.2, 0.25) is 0 Å². The lowest BCUT2D eigenvalue weighted by atomic mass is 9.47. The molecule has 2 aromatic rings. The van der Waals surface area contributed by atoms with Crippen LogP contribution in [0, 0.1) is 52.3 Å². The summed E-state index contributed by atoms with van der Waals surface area (Å²) in [6, 6.07) is 16.9. The van der Waals surface area contributed by atoms with Crippen molar-refractivity contribution in [3.63, 3.8) is 0 Å². The minimum absolute atomic E-state index is 0.00693. The van der Waals surface area contributed by atoms with Crippen LogP contribution in [-0.2, 0) is 11.2 Å². The van der Waals surface area contributed by atoms with Crippen LogP contribution in [0.2, 0.25) is 0 Å². The number of ether oxygens (including phenoxy) is 1. The molecule has 2 aromatic carbocycles. The van der Waals surface area contributed by atoms with Crippen molar-refractivity contribution in [1.29, 1.82) is 0 Å². The molecule has 2 heteroatoms. The SMILES string of the molecule is CC[C@H](C)Cc1ccc(-c2ccc(C(=O)O[C@H]3CC[C@@]4(C)C(=CC[C@H]5[C@@H]6CC[C@H]([C@H](C)CCCC(C)C)[C@@]6(C)CC[C@@H]54)C3)cc2)cc1. The molecule has 2 nitrogen and oxygen atoms in total. The van der Waals surface area contributed by atoms with E-state index < -0.39 is 0 Å². The molecule has 6 rings (SSSR count). The summed E-state index contributed by atoms with van der Waals surface area (Å²) in [5, 5.41) is 0. The van der Waals surface area contributed by atoms with Gasteiger partial charge >= 0.3 is 5.97 Å². The predicted molar refractivity (Wildman–Crippen MR) is 197 cm³/mol. The number of benzene rings is 2. The topological polar surface area (TPSA) is 26.3 Å². The van der Waals surface area contributed by atoms with Crippen molar-refractivity contribution < 1.29 is 9.53 Å². The number of hydrogen-bond acceptors (Lipinski definition) is 2. The molecule has 3 saturated carbocycles. The van der Waals surface area contributed by atoms with E-state index in [2.05, 4.69) is 90.9 Å². The fraction of sp³-hybridized carbons (Fsp3) is 0.667. The summed E-state index contributed by atoms with van der Waals surface area (Å²) in [6.45, 7) is 17.2. The molecular formula is C45H64O2. The Bertz CT molecular complexity index is 1380. The zero-order valence-electron chi connectivity index (χ0n) is 30.8. The van der Waals surface area contributed by atoms with Crippen molar-refractivity contribution in [1.82, 2.24) is 0 Å². The first-order valence-corrected chi connectivity index (χ1v) is 19.6. The third-order valence-electron chi connectivity index (χ3n) is 14.2. The van der Waals surface area contributed by atoms with E-state index in [9.17, 15) is 4.79 Å². The highest BCUT2D eigenvalue weighted by Crippen LogP contribution is 2.67. The van der Waals surface area contributed by atoms with Gasteiger partial charge in [0.05, 0.1) is 5.56 Å². The molecule has 4 aliphatic carbocycles. The first-order chi connectivity index (χ1) is 22.5. The Morgan fingerprint density at radius 3 is 2.23 bits per heavy atom. The van der Waals surface area contributed by atoms with Gasteiger partial charge in [-0.15, -0.1) is 0 Å². The van der Waals surface area contributed by atoms with Crippen molar-refractivity contribution in [3.05, 3.63) is 71.3 Å². The lowest BCUT2D eigenvalue weighted by Gasteiger charge is -2.58. The van der Waals surface area contributed by atoms with Crippen LogP contribution in [0.25, 0.3) is 11.1 Å². The smallest absolute Gasteiger partial charge is 0.338 e. The van der Waals surface area contributed by atoms with Crippen LogP contribution in [0.15, 0.2) is 60.2 Å². The van der Waals surface area contributed by atoms with E-state index in [4.69, 9.17) is 4.74 Å². The second-order valence-electron chi connectivity index (χ2n) is 17.6. The van der Waals surface area contributed by atoms with Crippen molar-refractivity contribution >= 4 is 5.97 Å². The van der Waals surface area contributed by atoms with E-state index in [-0.39, 0.29) is 17.5 Å². The largest absolute Gasteiger partial charge is 0.458 e. The minimum Gasteiger partial charge on any atom is -0.458 e. The van der Waals surface area contributed by atoms with Crippen LogP contribution in [0.3, 0.4) is 0 Å². The lowest BCUT2D eigenvalue weighted by molar-refractivity contribution is -0.0594. The number of hydrogen-bond donors (Lipinski definition) is 0. The van der Waals surface area contributed by atoms with Crippen molar-refractivity contribution in [2.24, 2.45) is 52.3 Å². The number of carbonyl (C=O) groups excluding carboxylic acids is 1. The van der Waals surface area contributed by atoms with Crippen LogP contribution < -0.4 is 0 Å². The maximum atomic E-state index is 13.3. The number of rotatable bonds is 11. The zero-order valence-corrected chi connectivity index (χ0v) is 30.8. The van der Waals surface area contributed by atoms with Crippen molar-refractivity contribution in [2.75, 3.05) is 0 Å². The summed E-state index contributed by atoms with van der Waals surface area (Å²) in [4.78, 5) is 13.3. The monoisotopic (exact) mass is 636 g/mol. The van der Waals surface area contributed by atoms with E-state index >= 15 is 0 Å². The molecule has 0 N–H and O–H groups in total. The molecular weight excluding hydrogens is 572 g/mol. The molecule has 0 amide bonds. The maximum Gasteiger partial charge on any atom is 0.338 e. The average Bonchev–Trinajstić information content (AvgIpc) is 3.42. The van der Waals surface area contributed by atoms with Gasteiger partial charge in [0.1, 0.15) is 6.10 Å². The van der Waals surface area contributed by atoms with E-state index in [1.165, 1.54) is 68.9 Å². The lowest BCUT2D eigenvalue weighted by Crippen LogP contribution is -2.51. The Labute approximate surface area is 287 Å². The standard InChI is InChI=1S/C45H64O2/c1-8-31(4)28-33-12-14-34(15-13-33)35-16-18-36(19-17-35)43(46)47-38-24-26-44(6)37(29-38)20-21-39-41-23-22-40(32(5)11-9-10-30(2)3)45(41,7)27-25-42(39)44/h12-20,30-32,38-42H,8-11,21-29H2,1-7H3/t31-,32+,38-,39-,40+,41-,42-,44-,45+/m0/s1. The Kier molecular flexibility index (Phi) is 10.5.